The van der Waals surface area contributed by atoms with E-state index in [1.54, 1.807) is 18.2 Å². The van der Waals surface area contributed by atoms with Gasteiger partial charge in [-0.1, -0.05) is 66.7 Å². The van der Waals surface area contributed by atoms with Crippen LogP contribution in [0.2, 0.25) is 0 Å². The zero-order valence-corrected chi connectivity index (χ0v) is 15.4. The summed E-state index contributed by atoms with van der Waals surface area (Å²) in [4.78, 5) is 12.0. The molecule has 0 saturated carbocycles. The second-order valence-electron chi connectivity index (χ2n) is 6.50. The van der Waals surface area contributed by atoms with Crippen molar-refractivity contribution in [2.75, 3.05) is 0 Å². The van der Waals surface area contributed by atoms with Gasteiger partial charge in [-0.15, -0.1) is 0 Å². The molecule has 0 bridgehead atoms. The topological polar surface area (TPSA) is 66.8 Å². The number of phenols is 1. The minimum absolute atomic E-state index is 0.0663. The Balaban J connectivity index is 1.99. The number of aromatic carboxylic acids is 1. The van der Waals surface area contributed by atoms with E-state index in [-0.39, 0.29) is 17.1 Å². The Morgan fingerprint density at radius 2 is 1.28 bits per heavy atom. The predicted octanol–water partition coefficient (Wildman–Crippen LogP) is 6.22. The molecule has 0 amide bonds. The number of aromatic hydroxyl groups is 1. The molecule has 4 rings (SSSR count). The fourth-order valence-corrected chi connectivity index (χ4v) is 3.24. The van der Waals surface area contributed by atoms with Crippen LogP contribution < -0.4 is 4.74 Å². The molecule has 2 N–H and O–H groups in total. The maximum absolute atomic E-state index is 12.0. The van der Waals surface area contributed by atoms with Gasteiger partial charge in [0.25, 0.3) is 0 Å². The van der Waals surface area contributed by atoms with Gasteiger partial charge in [0, 0.05) is 5.56 Å². The smallest absolute Gasteiger partial charge is 0.339 e. The zero-order valence-electron chi connectivity index (χ0n) is 15.4. The minimum atomic E-state index is -1.07. The molecule has 0 aromatic heterocycles. The highest BCUT2D eigenvalue weighted by Crippen LogP contribution is 2.43. The summed E-state index contributed by atoms with van der Waals surface area (Å²) in [5.74, 6) is -0.267. The third-order valence-corrected chi connectivity index (χ3v) is 4.59. The zero-order chi connectivity index (χ0) is 20.2. The van der Waals surface area contributed by atoms with Gasteiger partial charge in [-0.3, -0.25) is 0 Å². The van der Waals surface area contributed by atoms with Crippen molar-refractivity contribution in [3.8, 4) is 39.5 Å². The first-order valence-corrected chi connectivity index (χ1v) is 9.11. The Hall–Kier alpha value is -4.05. The van der Waals surface area contributed by atoms with Crippen molar-refractivity contribution in [3.63, 3.8) is 0 Å². The van der Waals surface area contributed by atoms with Crippen molar-refractivity contribution in [1.29, 1.82) is 0 Å². The van der Waals surface area contributed by atoms with Gasteiger partial charge < -0.3 is 14.9 Å². The number of carbonyl (C=O) groups is 1. The number of phenolic OH excluding ortho intramolecular Hbond substituents is 1. The van der Waals surface area contributed by atoms with Gasteiger partial charge in [0.2, 0.25) is 0 Å². The van der Waals surface area contributed by atoms with Gasteiger partial charge >= 0.3 is 5.97 Å². The first-order valence-electron chi connectivity index (χ1n) is 9.11. The van der Waals surface area contributed by atoms with Crippen molar-refractivity contribution in [1.82, 2.24) is 0 Å². The quantitative estimate of drug-likeness (QED) is 0.430. The minimum Gasteiger partial charge on any atom is -0.508 e. The molecular formula is C25H18O4. The predicted molar refractivity (Wildman–Crippen MR) is 112 cm³/mol. The lowest BCUT2D eigenvalue weighted by molar-refractivity contribution is 0.0694. The first kappa shape index (κ1) is 18.3. The normalized spacial score (nSPS) is 10.5. The third-order valence-electron chi connectivity index (χ3n) is 4.59. The second-order valence-corrected chi connectivity index (χ2v) is 6.50. The van der Waals surface area contributed by atoms with E-state index in [2.05, 4.69) is 0 Å². The summed E-state index contributed by atoms with van der Waals surface area (Å²) in [6, 6.07) is 28.9. The number of hydrogen-bond donors (Lipinski definition) is 2. The van der Waals surface area contributed by atoms with E-state index in [0.717, 1.165) is 16.7 Å². The summed E-state index contributed by atoms with van der Waals surface area (Å²) < 4.78 is 6.08. The Bertz CT molecular complexity index is 1130. The molecule has 0 fully saturated rings. The van der Waals surface area contributed by atoms with Crippen LogP contribution in [0.1, 0.15) is 10.4 Å². The molecule has 0 atom stereocenters. The largest absolute Gasteiger partial charge is 0.508 e. The summed E-state index contributed by atoms with van der Waals surface area (Å²) >= 11 is 0. The highest BCUT2D eigenvalue weighted by molar-refractivity contribution is 5.99. The Labute approximate surface area is 168 Å². The molecule has 0 aliphatic carbocycles. The Kier molecular flexibility index (Phi) is 4.99. The number of carboxylic acids is 1. The third kappa shape index (κ3) is 3.82. The van der Waals surface area contributed by atoms with Crippen LogP contribution in [-0.2, 0) is 0 Å². The molecule has 0 aliphatic heterocycles. The van der Waals surface area contributed by atoms with E-state index >= 15 is 0 Å². The SMILES string of the molecule is O=C(O)c1ccc(-c2ccccc2)c(-c2ccccc2)c1Oc1ccc(O)cc1. The monoisotopic (exact) mass is 382 g/mol. The van der Waals surface area contributed by atoms with Crippen LogP contribution in [0.25, 0.3) is 22.3 Å². The van der Waals surface area contributed by atoms with Crippen LogP contribution in [-0.4, -0.2) is 16.2 Å². The standard InChI is InChI=1S/C25H18O4/c26-19-11-13-20(14-12-19)29-24-22(25(27)28)16-15-21(17-7-3-1-4-8-17)23(24)18-9-5-2-6-10-18/h1-16,26H,(H,27,28). The molecule has 4 aromatic rings. The summed E-state index contributed by atoms with van der Waals surface area (Å²) in [7, 11) is 0. The molecule has 0 unspecified atom stereocenters. The molecular weight excluding hydrogens is 364 g/mol. The van der Waals surface area contributed by atoms with Crippen molar-refractivity contribution in [2.24, 2.45) is 0 Å². The van der Waals surface area contributed by atoms with Gasteiger partial charge in [-0.05, 0) is 47.0 Å². The highest BCUT2D eigenvalue weighted by atomic mass is 16.5. The average molecular weight is 382 g/mol. The van der Waals surface area contributed by atoms with E-state index in [0.29, 0.717) is 11.3 Å². The van der Waals surface area contributed by atoms with E-state index in [4.69, 9.17) is 4.74 Å². The lowest BCUT2D eigenvalue weighted by atomic mass is 9.91. The fraction of sp³-hybridized carbons (Fsp3) is 0. The van der Waals surface area contributed by atoms with Crippen LogP contribution in [0.5, 0.6) is 17.2 Å². The van der Waals surface area contributed by atoms with Crippen LogP contribution in [0.3, 0.4) is 0 Å². The summed E-state index contributed by atoms with van der Waals surface area (Å²) in [5.41, 5.74) is 3.44. The Morgan fingerprint density at radius 3 is 1.86 bits per heavy atom. The summed E-state index contributed by atoms with van der Waals surface area (Å²) in [6.07, 6.45) is 0. The van der Waals surface area contributed by atoms with E-state index in [1.807, 2.05) is 66.7 Å². The molecule has 0 heterocycles. The van der Waals surface area contributed by atoms with Crippen molar-refractivity contribution in [2.45, 2.75) is 0 Å². The number of benzene rings is 4. The summed E-state index contributed by atoms with van der Waals surface area (Å²) in [6.45, 7) is 0. The molecule has 0 aliphatic rings. The molecule has 29 heavy (non-hydrogen) atoms. The van der Waals surface area contributed by atoms with Crippen molar-refractivity contribution in [3.05, 3.63) is 103 Å². The summed E-state index contributed by atoms with van der Waals surface area (Å²) in [5, 5.41) is 19.3. The van der Waals surface area contributed by atoms with Crippen molar-refractivity contribution < 1.29 is 19.7 Å². The maximum Gasteiger partial charge on any atom is 0.339 e. The van der Waals surface area contributed by atoms with Gasteiger partial charge in [0.15, 0.2) is 0 Å². The molecule has 4 heteroatoms. The lowest BCUT2D eigenvalue weighted by Gasteiger charge is -2.18. The number of rotatable bonds is 5. The number of hydrogen-bond acceptors (Lipinski definition) is 3. The van der Waals surface area contributed by atoms with Crippen LogP contribution in [0.15, 0.2) is 97.1 Å². The molecule has 4 aromatic carbocycles. The van der Waals surface area contributed by atoms with E-state index in [9.17, 15) is 15.0 Å². The molecule has 4 nitrogen and oxygen atoms in total. The molecule has 0 saturated heterocycles. The molecule has 142 valence electrons. The van der Waals surface area contributed by atoms with Crippen LogP contribution in [0, 0.1) is 0 Å². The Morgan fingerprint density at radius 1 is 0.690 bits per heavy atom. The average Bonchev–Trinajstić information content (AvgIpc) is 2.76. The maximum atomic E-state index is 12.0. The lowest BCUT2D eigenvalue weighted by Crippen LogP contribution is -2.03. The second kappa shape index (κ2) is 7.90. The highest BCUT2D eigenvalue weighted by Gasteiger charge is 2.22. The molecule has 0 spiro atoms. The van der Waals surface area contributed by atoms with Crippen LogP contribution >= 0.6 is 0 Å². The van der Waals surface area contributed by atoms with Crippen LogP contribution in [0.4, 0.5) is 0 Å². The fourth-order valence-electron chi connectivity index (χ4n) is 3.24. The van der Waals surface area contributed by atoms with Gasteiger partial charge in [0.05, 0.1) is 0 Å². The van der Waals surface area contributed by atoms with Crippen molar-refractivity contribution >= 4 is 5.97 Å². The van der Waals surface area contributed by atoms with Gasteiger partial charge in [-0.25, -0.2) is 4.79 Å². The van der Waals surface area contributed by atoms with E-state index in [1.165, 1.54) is 12.1 Å². The molecule has 0 radical (unpaired) electrons. The number of carboxylic acid groups (broad SMARTS) is 1. The number of ether oxygens (including phenoxy) is 1. The van der Waals surface area contributed by atoms with Gasteiger partial charge in [0.1, 0.15) is 22.8 Å². The van der Waals surface area contributed by atoms with E-state index < -0.39 is 5.97 Å². The first-order chi connectivity index (χ1) is 14.1. The van der Waals surface area contributed by atoms with Gasteiger partial charge in [-0.2, -0.15) is 0 Å².